The third-order valence-corrected chi connectivity index (χ3v) is 4.58. The number of nitrogens with one attached hydrogen (secondary N) is 1. The fourth-order valence-electron chi connectivity index (χ4n) is 3.49. The minimum atomic E-state index is -0.986. The van der Waals surface area contributed by atoms with Crippen LogP contribution in [0.3, 0.4) is 0 Å². The second kappa shape index (κ2) is 6.39. The molecule has 5 heteroatoms. The Morgan fingerprint density at radius 2 is 2.00 bits per heavy atom. The van der Waals surface area contributed by atoms with Gasteiger partial charge in [-0.25, -0.2) is 9.78 Å². The van der Waals surface area contributed by atoms with Crippen LogP contribution in [0.4, 0.5) is 4.79 Å². The standard InChI is InChI=1S/C20H24N2O3/c1-12(2)25-17-8-6-14(11-21-17)13-5-7-16-15(9-13)10-20(3,4)18(16)22-19(23)24/h5-9,11-12,18,22H,10H2,1-4H3,(H,23,24). The molecular weight excluding hydrogens is 316 g/mol. The van der Waals surface area contributed by atoms with Gasteiger partial charge in [0.2, 0.25) is 5.88 Å². The van der Waals surface area contributed by atoms with Gasteiger partial charge in [0.15, 0.2) is 0 Å². The van der Waals surface area contributed by atoms with Crippen molar-refractivity contribution in [3.63, 3.8) is 0 Å². The average Bonchev–Trinajstić information content (AvgIpc) is 2.76. The summed E-state index contributed by atoms with van der Waals surface area (Å²) >= 11 is 0. The maximum absolute atomic E-state index is 11.1. The number of rotatable bonds is 4. The van der Waals surface area contributed by atoms with Crippen LogP contribution in [0.25, 0.3) is 11.1 Å². The Balaban J connectivity index is 1.88. The van der Waals surface area contributed by atoms with E-state index in [0.717, 1.165) is 23.1 Å². The zero-order valence-corrected chi connectivity index (χ0v) is 15.0. The molecule has 1 aliphatic carbocycles. The van der Waals surface area contributed by atoms with Crippen LogP contribution in [0, 0.1) is 5.41 Å². The predicted octanol–water partition coefficient (Wildman–Crippen LogP) is 4.43. The Labute approximate surface area is 148 Å². The Bertz CT molecular complexity index is 782. The second-order valence-electron chi connectivity index (χ2n) is 7.51. The number of ether oxygens (including phenoxy) is 1. The van der Waals surface area contributed by atoms with Crippen molar-refractivity contribution in [2.45, 2.75) is 46.3 Å². The number of amides is 1. The molecule has 1 aromatic carbocycles. The quantitative estimate of drug-likeness (QED) is 0.864. The largest absolute Gasteiger partial charge is 0.475 e. The molecule has 1 aliphatic rings. The smallest absolute Gasteiger partial charge is 0.405 e. The van der Waals surface area contributed by atoms with Crippen molar-refractivity contribution in [1.82, 2.24) is 10.3 Å². The SMILES string of the molecule is CC(C)Oc1ccc(-c2ccc3c(c2)CC(C)(C)C3NC(=O)O)cn1. The van der Waals surface area contributed by atoms with Gasteiger partial charge in [0.25, 0.3) is 0 Å². The number of nitrogens with zero attached hydrogens (tertiary/aromatic N) is 1. The number of fused-ring (bicyclic) bond motifs is 1. The summed E-state index contributed by atoms with van der Waals surface area (Å²) in [5.74, 6) is 0.617. The Morgan fingerprint density at radius 1 is 1.28 bits per heavy atom. The molecule has 1 unspecified atom stereocenters. The second-order valence-corrected chi connectivity index (χ2v) is 7.51. The van der Waals surface area contributed by atoms with Gasteiger partial charge in [-0.3, -0.25) is 0 Å². The van der Waals surface area contributed by atoms with E-state index in [-0.39, 0.29) is 17.6 Å². The molecule has 25 heavy (non-hydrogen) atoms. The van der Waals surface area contributed by atoms with E-state index in [9.17, 15) is 4.79 Å². The minimum absolute atomic E-state index is 0.0965. The molecule has 2 N–H and O–H groups in total. The van der Waals surface area contributed by atoms with Crippen molar-refractivity contribution in [2.24, 2.45) is 5.41 Å². The van der Waals surface area contributed by atoms with Crippen molar-refractivity contribution < 1.29 is 14.6 Å². The van der Waals surface area contributed by atoms with Gasteiger partial charge in [0.05, 0.1) is 12.1 Å². The van der Waals surface area contributed by atoms with E-state index in [1.807, 2.05) is 44.3 Å². The van der Waals surface area contributed by atoms with E-state index in [4.69, 9.17) is 9.84 Å². The first kappa shape index (κ1) is 17.3. The lowest BCUT2D eigenvalue weighted by Crippen LogP contribution is -2.34. The zero-order valence-electron chi connectivity index (χ0n) is 15.0. The first-order valence-corrected chi connectivity index (χ1v) is 8.51. The summed E-state index contributed by atoms with van der Waals surface area (Å²) in [6, 6.07) is 9.88. The van der Waals surface area contributed by atoms with Gasteiger partial charge in [0.1, 0.15) is 0 Å². The van der Waals surface area contributed by atoms with Crippen LogP contribution in [0.2, 0.25) is 0 Å². The first-order chi connectivity index (χ1) is 11.8. The number of pyridine rings is 1. The van der Waals surface area contributed by atoms with E-state index >= 15 is 0 Å². The van der Waals surface area contributed by atoms with Crippen LogP contribution in [-0.4, -0.2) is 22.3 Å². The highest BCUT2D eigenvalue weighted by atomic mass is 16.5. The maximum atomic E-state index is 11.1. The Hall–Kier alpha value is -2.56. The molecule has 0 aliphatic heterocycles. The molecule has 0 saturated carbocycles. The summed E-state index contributed by atoms with van der Waals surface area (Å²) in [5.41, 5.74) is 4.19. The van der Waals surface area contributed by atoms with Crippen LogP contribution in [0.1, 0.15) is 44.9 Å². The summed E-state index contributed by atoms with van der Waals surface area (Å²) in [6.07, 6.45) is 1.76. The van der Waals surface area contributed by atoms with Crippen LogP contribution in [0.15, 0.2) is 36.5 Å². The summed E-state index contributed by atoms with van der Waals surface area (Å²) in [4.78, 5) is 15.5. The fraction of sp³-hybridized carbons (Fsp3) is 0.400. The molecule has 0 bridgehead atoms. The molecule has 0 radical (unpaired) electrons. The third-order valence-electron chi connectivity index (χ3n) is 4.58. The van der Waals surface area contributed by atoms with Gasteiger partial charge in [0, 0.05) is 17.8 Å². The van der Waals surface area contributed by atoms with Crippen LogP contribution >= 0.6 is 0 Å². The Morgan fingerprint density at radius 3 is 2.60 bits per heavy atom. The van der Waals surface area contributed by atoms with Crippen molar-refractivity contribution in [1.29, 1.82) is 0 Å². The zero-order chi connectivity index (χ0) is 18.2. The highest BCUT2D eigenvalue weighted by Gasteiger charge is 2.39. The predicted molar refractivity (Wildman–Crippen MR) is 96.8 cm³/mol. The van der Waals surface area contributed by atoms with E-state index in [1.165, 1.54) is 5.56 Å². The van der Waals surface area contributed by atoms with Gasteiger partial charge in [-0.1, -0.05) is 32.0 Å². The highest BCUT2D eigenvalue weighted by Crippen LogP contribution is 2.46. The van der Waals surface area contributed by atoms with Crippen molar-refractivity contribution in [2.75, 3.05) is 0 Å². The summed E-state index contributed by atoms with van der Waals surface area (Å²) in [5, 5.41) is 11.8. The topological polar surface area (TPSA) is 71.5 Å². The molecule has 0 spiro atoms. The number of carbonyl (C=O) groups is 1. The summed E-state index contributed by atoms with van der Waals surface area (Å²) in [7, 11) is 0. The number of hydrogen-bond donors (Lipinski definition) is 2. The molecule has 3 rings (SSSR count). The van der Waals surface area contributed by atoms with Crippen molar-refractivity contribution in [3.8, 4) is 17.0 Å². The van der Waals surface area contributed by atoms with E-state index in [2.05, 4.69) is 30.2 Å². The van der Waals surface area contributed by atoms with Gasteiger partial charge in [-0.15, -0.1) is 0 Å². The Kier molecular flexibility index (Phi) is 4.41. The number of hydrogen-bond acceptors (Lipinski definition) is 3. The lowest BCUT2D eigenvalue weighted by molar-refractivity contribution is 0.175. The molecule has 5 nitrogen and oxygen atoms in total. The van der Waals surface area contributed by atoms with Crippen LogP contribution in [0.5, 0.6) is 5.88 Å². The lowest BCUT2D eigenvalue weighted by Gasteiger charge is -2.27. The van der Waals surface area contributed by atoms with Crippen molar-refractivity contribution in [3.05, 3.63) is 47.7 Å². The van der Waals surface area contributed by atoms with Gasteiger partial charge in [-0.2, -0.15) is 0 Å². The fourth-order valence-corrected chi connectivity index (χ4v) is 3.49. The molecule has 1 amide bonds. The highest BCUT2D eigenvalue weighted by molar-refractivity contribution is 5.68. The molecule has 0 fully saturated rings. The normalized spacial score (nSPS) is 18.0. The molecule has 132 valence electrons. The summed E-state index contributed by atoms with van der Waals surface area (Å²) < 4.78 is 5.58. The van der Waals surface area contributed by atoms with Gasteiger partial charge < -0.3 is 15.2 Å². The molecule has 1 atom stereocenters. The average molecular weight is 340 g/mol. The summed E-state index contributed by atoms with van der Waals surface area (Å²) in [6.45, 7) is 8.12. The lowest BCUT2D eigenvalue weighted by atomic mass is 9.85. The van der Waals surface area contributed by atoms with E-state index in [1.54, 1.807) is 0 Å². The molecule has 1 heterocycles. The monoisotopic (exact) mass is 340 g/mol. The van der Waals surface area contributed by atoms with E-state index < -0.39 is 6.09 Å². The number of aromatic nitrogens is 1. The van der Waals surface area contributed by atoms with Gasteiger partial charge in [-0.05, 0) is 48.4 Å². The third kappa shape index (κ3) is 3.60. The minimum Gasteiger partial charge on any atom is -0.475 e. The van der Waals surface area contributed by atoms with Crippen LogP contribution < -0.4 is 10.1 Å². The van der Waals surface area contributed by atoms with Crippen LogP contribution in [-0.2, 0) is 6.42 Å². The first-order valence-electron chi connectivity index (χ1n) is 8.51. The maximum Gasteiger partial charge on any atom is 0.405 e. The molecule has 0 saturated heterocycles. The number of benzene rings is 1. The van der Waals surface area contributed by atoms with Crippen molar-refractivity contribution >= 4 is 6.09 Å². The van der Waals surface area contributed by atoms with Gasteiger partial charge >= 0.3 is 6.09 Å². The van der Waals surface area contributed by atoms with E-state index in [0.29, 0.717) is 5.88 Å². The number of carboxylic acid groups (broad SMARTS) is 1. The molecule has 1 aromatic heterocycles. The molecular formula is C20H24N2O3. The molecule has 2 aromatic rings.